The highest BCUT2D eigenvalue weighted by Gasteiger charge is 2.34. The lowest BCUT2D eigenvalue weighted by molar-refractivity contribution is -0.126. The molecule has 118 valence electrons. The molecule has 0 saturated carbocycles. The van der Waals surface area contributed by atoms with Gasteiger partial charge in [0.05, 0.1) is 5.92 Å². The number of amides is 2. The van der Waals surface area contributed by atoms with Crippen molar-refractivity contribution in [3.8, 4) is 0 Å². The van der Waals surface area contributed by atoms with Crippen LogP contribution < -0.4 is 10.2 Å². The summed E-state index contributed by atoms with van der Waals surface area (Å²) in [6.07, 6.45) is 3.67. The lowest BCUT2D eigenvalue weighted by atomic mass is 10.1. The van der Waals surface area contributed by atoms with Crippen molar-refractivity contribution in [3.63, 3.8) is 0 Å². The molecule has 1 aromatic heterocycles. The van der Waals surface area contributed by atoms with Crippen molar-refractivity contribution in [2.24, 2.45) is 5.92 Å². The Kier molecular flexibility index (Phi) is 4.37. The minimum atomic E-state index is -0.305. The van der Waals surface area contributed by atoms with Crippen molar-refractivity contribution in [2.45, 2.75) is 19.9 Å². The molecule has 0 unspecified atom stereocenters. The number of nitrogens with one attached hydrogen (secondary N) is 1. The SMILES string of the molecule is Cc1ccc(N2C[C@H](C(=O)NCc3cccnc3)CC2=O)cc1. The van der Waals surface area contributed by atoms with Crippen molar-refractivity contribution in [1.29, 1.82) is 0 Å². The lowest BCUT2D eigenvalue weighted by Crippen LogP contribution is -2.32. The number of nitrogens with zero attached hydrogens (tertiary/aromatic N) is 2. The van der Waals surface area contributed by atoms with Gasteiger partial charge in [0.2, 0.25) is 11.8 Å². The Labute approximate surface area is 135 Å². The molecule has 0 spiro atoms. The number of hydrogen-bond donors (Lipinski definition) is 1. The minimum absolute atomic E-state index is 0.00428. The Balaban J connectivity index is 1.60. The summed E-state index contributed by atoms with van der Waals surface area (Å²) in [5, 5.41) is 2.88. The van der Waals surface area contributed by atoms with Gasteiger partial charge in [-0.3, -0.25) is 14.6 Å². The van der Waals surface area contributed by atoms with E-state index in [1.165, 1.54) is 0 Å². The van der Waals surface area contributed by atoms with Crippen LogP contribution in [0.5, 0.6) is 0 Å². The normalized spacial score (nSPS) is 17.3. The fraction of sp³-hybridized carbons (Fsp3) is 0.278. The number of anilines is 1. The predicted octanol–water partition coefficient (Wildman–Crippen LogP) is 2.06. The average Bonchev–Trinajstić information content (AvgIpc) is 2.96. The number of carbonyl (C=O) groups excluding carboxylic acids is 2. The molecule has 1 N–H and O–H groups in total. The second-order valence-corrected chi connectivity index (χ2v) is 5.82. The van der Waals surface area contributed by atoms with Crippen molar-refractivity contribution < 1.29 is 9.59 Å². The van der Waals surface area contributed by atoms with Gasteiger partial charge in [-0.15, -0.1) is 0 Å². The molecule has 1 aliphatic heterocycles. The van der Waals surface area contributed by atoms with Crippen LogP contribution in [0.4, 0.5) is 5.69 Å². The van der Waals surface area contributed by atoms with Gasteiger partial charge in [-0.1, -0.05) is 23.8 Å². The molecule has 5 heteroatoms. The molecule has 23 heavy (non-hydrogen) atoms. The van der Waals surface area contributed by atoms with Crippen LogP contribution >= 0.6 is 0 Å². The first-order chi connectivity index (χ1) is 11.1. The zero-order chi connectivity index (χ0) is 16.2. The third kappa shape index (κ3) is 3.56. The molecular formula is C18H19N3O2. The first-order valence-corrected chi connectivity index (χ1v) is 7.67. The quantitative estimate of drug-likeness (QED) is 0.940. The maximum absolute atomic E-state index is 12.3. The number of rotatable bonds is 4. The highest BCUT2D eigenvalue weighted by Crippen LogP contribution is 2.25. The molecule has 1 fully saturated rings. The molecule has 1 aromatic carbocycles. The van der Waals surface area contributed by atoms with Gasteiger partial charge >= 0.3 is 0 Å². The van der Waals surface area contributed by atoms with E-state index < -0.39 is 0 Å². The number of aromatic nitrogens is 1. The highest BCUT2D eigenvalue weighted by atomic mass is 16.2. The Bertz CT molecular complexity index is 698. The van der Waals surface area contributed by atoms with Gasteiger partial charge in [-0.05, 0) is 30.7 Å². The van der Waals surface area contributed by atoms with Gasteiger partial charge in [0.25, 0.3) is 0 Å². The predicted molar refractivity (Wildman–Crippen MR) is 87.7 cm³/mol. The van der Waals surface area contributed by atoms with Gasteiger partial charge in [-0.2, -0.15) is 0 Å². The van der Waals surface area contributed by atoms with Crippen LogP contribution in [-0.4, -0.2) is 23.3 Å². The topological polar surface area (TPSA) is 62.3 Å². The molecule has 2 amide bonds. The molecule has 1 atom stereocenters. The van der Waals surface area contributed by atoms with E-state index in [2.05, 4.69) is 10.3 Å². The first kappa shape index (κ1) is 15.2. The third-order valence-electron chi connectivity index (χ3n) is 4.03. The molecule has 2 heterocycles. The summed E-state index contributed by atoms with van der Waals surface area (Å²) in [4.78, 5) is 30.2. The fourth-order valence-electron chi connectivity index (χ4n) is 2.69. The van der Waals surface area contributed by atoms with E-state index in [0.717, 1.165) is 16.8 Å². The van der Waals surface area contributed by atoms with Gasteiger partial charge in [0.1, 0.15) is 0 Å². The zero-order valence-electron chi connectivity index (χ0n) is 13.0. The van der Waals surface area contributed by atoms with Crippen molar-refractivity contribution in [1.82, 2.24) is 10.3 Å². The average molecular weight is 309 g/mol. The number of carbonyl (C=O) groups is 2. The van der Waals surface area contributed by atoms with E-state index in [1.807, 2.05) is 43.3 Å². The number of aryl methyl sites for hydroxylation is 1. The number of benzene rings is 1. The fourth-order valence-corrected chi connectivity index (χ4v) is 2.69. The van der Waals surface area contributed by atoms with E-state index in [4.69, 9.17) is 0 Å². The molecule has 1 saturated heterocycles. The summed E-state index contributed by atoms with van der Waals surface area (Å²) >= 11 is 0. The van der Waals surface area contributed by atoms with Crippen LogP contribution in [0.2, 0.25) is 0 Å². The van der Waals surface area contributed by atoms with E-state index >= 15 is 0 Å². The summed E-state index contributed by atoms with van der Waals surface area (Å²) < 4.78 is 0. The van der Waals surface area contributed by atoms with Crippen LogP contribution in [0, 0.1) is 12.8 Å². The molecule has 0 aliphatic carbocycles. The maximum Gasteiger partial charge on any atom is 0.227 e. The van der Waals surface area contributed by atoms with Gasteiger partial charge in [-0.25, -0.2) is 0 Å². The van der Waals surface area contributed by atoms with E-state index in [0.29, 0.717) is 13.1 Å². The van der Waals surface area contributed by atoms with Crippen molar-refractivity contribution in [3.05, 3.63) is 59.9 Å². The number of pyridine rings is 1. The third-order valence-corrected chi connectivity index (χ3v) is 4.03. The Hall–Kier alpha value is -2.69. The van der Waals surface area contributed by atoms with Crippen molar-refractivity contribution in [2.75, 3.05) is 11.4 Å². The molecule has 0 bridgehead atoms. The monoisotopic (exact) mass is 309 g/mol. The smallest absolute Gasteiger partial charge is 0.227 e. The minimum Gasteiger partial charge on any atom is -0.352 e. The molecule has 3 rings (SSSR count). The van der Waals surface area contributed by atoms with Crippen LogP contribution in [0.1, 0.15) is 17.5 Å². The van der Waals surface area contributed by atoms with Crippen LogP contribution in [0.15, 0.2) is 48.8 Å². The van der Waals surface area contributed by atoms with Gasteiger partial charge in [0.15, 0.2) is 0 Å². The lowest BCUT2D eigenvalue weighted by Gasteiger charge is -2.17. The molecule has 2 aromatic rings. The van der Waals surface area contributed by atoms with Crippen molar-refractivity contribution >= 4 is 17.5 Å². The summed E-state index contributed by atoms with van der Waals surface area (Å²) in [5.74, 6) is -0.396. The molecule has 0 radical (unpaired) electrons. The summed E-state index contributed by atoms with van der Waals surface area (Å²) in [5.41, 5.74) is 2.94. The van der Waals surface area contributed by atoms with Crippen LogP contribution in [0.3, 0.4) is 0 Å². The molecular weight excluding hydrogens is 290 g/mol. The largest absolute Gasteiger partial charge is 0.352 e. The van der Waals surface area contributed by atoms with Crippen LogP contribution in [-0.2, 0) is 16.1 Å². The summed E-state index contributed by atoms with van der Waals surface area (Å²) in [6, 6.07) is 11.5. The Morgan fingerprint density at radius 3 is 2.78 bits per heavy atom. The zero-order valence-corrected chi connectivity index (χ0v) is 13.0. The maximum atomic E-state index is 12.3. The van der Waals surface area contributed by atoms with E-state index in [-0.39, 0.29) is 24.2 Å². The second-order valence-electron chi connectivity index (χ2n) is 5.82. The van der Waals surface area contributed by atoms with E-state index in [1.54, 1.807) is 17.3 Å². The van der Waals surface area contributed by atoms with E-state index in [9.17, 15) is 9.59 Å². The summed E-state index contributed by atoms with van der Waals surface area (Å²) in [7, 11) is 0. The molecule has 5 nitrogen and oxygen atoms in total. The Morgan fingerprint density at radius 1 is 1.30 bits per heavy atom. The second kappa shape index (κ2) is 6.60. The number of hydrogen-bond acceptors (Lipinski definition) is 3. The van der Waals surface area contributed by atoms with Crippen LogP contribution in [0.25, 0.3) is 0 Å². The highest BCUT2D eigenvalue weighted by molar-refractivity contribution is 6.00. The standard InChI is InChI=1S/C18H19N3O2/c1-13-4-6-16(7-5-13)21-12-15(9-17(21)22)18(23)20-11-14-3-2-8-19-10-14/h2-8,10,15H,9,11-12H2,1H3,(H,20,23)/t15-/m1/s1. The summed E-state index contributed by atoms with van der Waals surface area (Å²) in [6.45, 7) is 2.87. The Morgan fingerprint density at radius 2 is 2.09 bits per heavy atom. The first-order valence-electron chi connectivity index (χ1n) is 7.67. The van der Waals surface area contributed by atoms with Gasteiger partial charge in [0, 0.05) is 37.6 Å². The molecule has 1 aliphatic rings. The van der Waals surface area contributed by atoms with Gasteiger partial charge < -0.3 is 10.2 Å².